The standard InChI is InChI=1S/C11H21BF3N2O2/c1-11(2,3)19-10(18)17-6-4-9(5-7-17)16-8-12(13,14)15/h9,16H,4-8H2,1-3H3/q-1. The third-order valence-corrected chi connectivity index (χ3v) is 2.78. The molecule has 0 aromatic carbocycles. The zero-order chi connectivity index (χ0) is 14.7. The highest BCUT2D eigenvalue weighted by molar-refractivity contribution is 6.58. The third-order valence-electron chi connectivity index (χ3n) is 2.78. The van der Waals surface area contributed by atoms with E-state index in [9.17, 15) is 17.7 Å². The van der Waals surface area contributed by atoms with Crippen LogP contribution in [0.25, 0.3) is 0 Å². The minimum atomic E-state index is -4.79. The molecule has 0 bridgehead atoms. The molecule has 0 aromatic heterocycles. The van der Waals surface area contributed by atoms with E-state index in [0.29, 0.717) is 25.9 Å². The molecule has 1 saturated heterocycles. The summed E-state index contributed by atoms with van der Waals surface area (Å²) in [5.74, 6) is 0. The zero-order valence-electron chi connectivity index (χ0n) is 11.6. The molecule has 112 valence electrons. The number of amides is 1. The summed E-state index contributed by atoms with van der Waals surface area (Å²) in [6, 6.07) is -0.179. The van der Waals surface area contributed by atoms with Crippen LogP contribution in [0.15, 0.2) is 0 Å². The highest BCUT2D eigenvalue weighted by Gasteiger charge is 2.29. The summed E-state index contributed by atoms with van der Waals surface area (Å²) in [6.45, 7) is 1.41. The maximum Gasteiger partial charge on any atom is 0.491 e. The second kappa shape index (κ2) is 6.03. The minimum absolute atomic E-state index is 0.179. The number of piperidine rings is 1. The number of carbonyl (C=O) groups excluding carboxylic acids is 1. The van der Waals surface area contributed by atoms with Gasteiger partial charge in [-0.3, -0.25) is 0 Å². The Balaban J connectivity index is 2.31. The molecule has 4 nitrogen and oxygen atoms in total. The molecule has 1 rings (SSSR count). The number of hydrogen-bond acceptors (Lipinski definition) is 3. The van der Waals surface area contributed by atoms with Gasteiger partial charge in [0.05, 0.1) is 0 Å². The van der Waals surface area contributed by atoms with E-state index >= 15 is 0 Å². The fourth-order valence-electron chi connectivity index (χ4n) is 1.89. The van der Waals surface area contributed by atoms with Crippen molar-refractivity contribution in [2.24, 2.45) is 0 Å². The Morgan fingerprint density at radius 3 is 2.26 bits per heavy atom. The van der Waals surface area contributed by atoms with Gasteiger partial charge in [-0.25, -0.2) is 4.79 Å². The first-order valence-electron chi connectivity index (χ1n) is 6.49. The minimum Gasteiger partial charge on any atom is -0.448 e. The van der Waals surface area contributed by atoms with Gasteiger partial charge in [0.15, 0.2) is 0 Å². The van der Waals surface area contributed by atoms with Crippen LogP contribution < -0.4 is 5.32 Å². The van der Waals surface area contributed by atoms with Gasteiger partial charge in [-0.15, -0.1) is 0 Å². The highest BCUT2D eigenvalue weighted by Crippen LogP contribution is 2.16. The number of rotatable bonds is 3. The molecule has 1 heterocycles. The third kappa shape index (κ3) is 6.70. The lowest BCUT2D eigenvalue weighted by atomic mass is 9.91. The van der Waals surface area contributed by atoms with Crippen LogP contribution in [0, 0.1) is 0 Å². The average molecular weight is 281 g/mol. The van der Waals surface area contributed by atoms with E-state index in [2.05, 4.69) is 5.32 Å². The molecule has 1 amide bonds. The van der Waals surface area contributed by atoms with E-state index in [0.717, 1.165) is 0 Å². The summed E-state index contributed by atoms with van der Waals surface area (Å²) in [6.07, 6.45) is -0.278. The van der Waals surface area contributed by atoms with E-state index in [-0.39, 0.29) is 6.04 Å². The quantitative estimate of drug-likeness (QED) is 0.807. The fourth-order valence-corrected chi connectivity index (χ4v) is 1.89. The van der Waals surface area contributed by atoms with Crippen LogP contribution in [0.3, 0.4) is 0 Å². The van der Waals surface area contributed by atoms with Crippen LogP contribution in [0.2, 0.25) is 0 Å². The number of ether oxygens (including phenoxy) is 1. The molecule has 0 aromatic rings. The van der Waals surface area contributed by atoms with Gasteiger partial charge in [0.25, 0.3) is 0 Å². The summed E-state index contributed by atoms with van der Waals surface area (Å²) in [7, 11) is 0. The topological polar surface area (TPSA) is 41.6 Å². The van der Waals surface area contributed by atoms with Crippen molar-refractivity contribution in [3.8, 4) is 0 Å². The molecule has 1 fully saturated rings. The van der Waals surface area contributed by atoms with Crippen molar-refractivity contribution in [3.05, 3.63) is 0 Å². The van der Waals surface area contributed by atoms with Gasteiger partial charge in [-0.05, 0) is 40.1 Å². The van der Waals surface area contributed by atoms with Crippen molar-refractivity contribution >= 4 is 13.1 Å². The normalized spacial score (nSPS) is 18.5. The van der Waals surface area contributed by atoms with Gasteiger partial charge in [0.1, 0.15) is 5.60 Å². The molecule has 0 radical (unpaired) electrons. The molecule has 1 aliphatic heterocycles. The van der Waals surface area contributed by atoms with E-state index < -0.39 is 25.1 Å². The van der Waals surface area contributed by atoms with E-state index in [1.54, 1.807) is 25.7 Å². The highest BCUT2D eigenvalue weighted by atomic mass is 19.4. The molecule has 0 aliphatic carbocycles. The lowest BCUT2D eigenvalue weighted by Crippen LogP contribution is -2.48. The Morgan fingerprint density at radius 1 is 1.32 bits per heavy atom. The number of likely N-dealkylation sites (tertiary alicyclic amines) is 1. The summed E-state index contributed by atoms with van der Waals surface area (Å²) >= 11 is 0. The van der Waals surface area contributed by atoms with Crippen molar-refractivity contribution in [1.82, 2.24) is 10.2 Å². The molecule has 8 heteroatoms. The number of hydrogen-bond donors (Lipinski definition) is 1. The van der Waals surface area contributed by atoms with Crippen LogP contribution in [0.4, 0.5) is 17.7 Å². The summed E-state index contributed by atoms with van der Waals surface area (Å²) in [4.78, 5) is 13.3. The van der Waals surface area contributed by atoms with Crippen molar-refractivity contribution in [2.75, 3.05) is 19.5 Å². The molecule has 0 saturated carbocycles. The SMILES string of the molecule is CC(C)(C)OC(=O)N1CCC(NC[B-](F)(F)F)CC1. The molecule has 19 heavy (non-hydrogen) atoms. The van der Waals surface area contributed by atoms with E-state index in [4.69, 9.17) is 4.74 Å². The van der Waals surface area contributed by atoms with Crippen LogP contribution in [0.1, 0.15) is 33.6 Å². The van der Waals surface area contributed by atoms with Crippen molar-refractivity contribution in [2.45, 2.75) is 45.3 Å². The zero-order valence-corrected chi connectivity index (χ0v) is 11.6. The number of nitrogens with one attached hydrogen (secondary N) is 1. The van der Waals surface area contributed by atoms with Crippen molar-refractivity contribution < 1.29 is 22.5 Å². The van der Waals surface area contributed by atoms with Crippen molar-refractivity contribution in [3.63, 3.8) is 0 Å². The molecular weight excluding hydrogens is 260 g/mol. The Bertz CT molecular complexity index is 310. The van der Waals surface area contributed by atoms with Crippen LogP contribution >= 0.6 is 0 Å². The second-order valence-electron chi connectivity index (χ2n) is 5.86. The molecule has 0 unspecified atom stereocenters. The maximum atomic E-state index is 12.1. The number of carbonyl (C=O) groups is 1. The number of halogens is 3. The Morgan fingerprint density at radius 2 is 1.84 bits per heavy atom. The lowest BCUT2D eigenvalue weighted by molar-refractivity contribution is 0.0199. The first-order chi connectivity index (χ1) is 8.57. The summed E-state index contributed by atoms with van der Waals surface area (Å²) < 4.78 is 41.6. The van der Waals surface area contributed by atoms with Gasteiger partial charge >= 0.3 is 13.1 Å². The fraction of sp³-hybridized carbons (Fsp3) is 0.909. The Hall–Kier alpha value is -0.915. The average Bonchev–Trinajstić information content (AvgIpc) is 2.23. The molecule has 1 N–H and O–H groups in total. The van der Waals surface area contributed by atoms with Crippen LogP contribution in [-0.4, -0.2) is 49.1 Å². The predicted octanol–water partition coefficient (Wildman–Crippen LogP) is 2.36. The van der Waals surface area contributed by atoms with Gasteiger partial charge in [0.2, 0.25) is 0 Å². The first-order valence-corrected chi connectivity index (χ1v) is 6.49. The smallest absolute Gasteiger partial charge is 0.448 e. The van der Waals surface area contributed by atoms with Gasteiger partial charge < -0.3 is 27.9 Å². The van der Waals surface area contributed by atoms with Crippen LogP contribution in [-0.2, 0) is 4.74 Å². The molecule has 1 aliphatic rings. The molecule has 0 spiro atoms. The van der Waals surface area contributed by atoms with Crippen molar-refractivity contribution in [1.29, 1.82) is 0 Å². The molecular formula is C11H21BF3N2O2-. The molecule has 0 atom stereocenters. The Kier molecular flexibility index (Phi) is 5.12. The number of nitrogens with zero attached hydrogens (tertiary/aromatic N) is 1. The van der Waals surface area contributed by atoms with Gasteiger partial charge in [-0.1, -0.05) is 0 Å². The van der Waals surface area contributed by atoms with Gasteiger partial charge in [0, 0.05) is 19.1 Å². The largest absolute Gasteiger partial charge is 0.491 e. The van der Waals surface area contributed by atoms with E-state index in [1.807, 2.05) is 0 Å². The predicted molar refractivity (Wildman–Crippen MR) is 67.9 cm³/mol. The summed E-state index contributed by atoms with van der Waals surface area (Å²) in [5, 5.41) is 2.49. The van der Waals surface area contributed by atoms with Crippen LogP contribution in [0.5, 0.6) is 0 Å². The summed E-state index contributed by atoms with van der Waals surface area (Å²) in [5.41, 5.74) is -0.551. The van der Waals surface area contributed by atoms with E-state index in [1.165, 1.54) is 0 Å². The maximum absolute atomic E-state index is 12.1. The lowest BCUT2D eigenvalue weighted by Gasteiger charge is -2.34. The monoisotopic (exact) mass is 281 g/mol. The Labute approximate surface area is 111 Å². The first kappa shape index (κ1) is 16.1. The second-order valence-corrected chi connectivity index (χ2v) is 5.86. The van der Waals surface area contributed by atoms with Gasteiger partial charge in [-0.2, -0.15) is 0 Å².